The van der Waals surface area contributed by atoms with E-state index >= 15 is 0 Å². The molecule has 0 aliphatic rings. The molecule has 3 aromatic rings. The van der Waals surface area contributed by atoms with Crippen LogP contribution in [-0.2, 0) is 6.54 Å². The highest BCUT2D eigenvalue weighted by molar-refractivity contribution is 6.04. The van der Waals surface area contributed by atoms with Gasteiger partial charge in [0.2, 0.25) is 0 Å². The Labute approximate surface area is 164 Å². The van der Waals surface area contributed by atoms with Crippen molar-refractivity contribution < 1.29 is 9.59 Å². The summed E-state index contributed by atoms with van der Waals surface area (Å²) in [5.41, 5.74) is 2.52. The number of aromatic nitrogens is 2. The minimum atomic E-state index is -0.347. The number of anilines is 2. The molecule has 0 spiro atoms. The molecule has 3 rings (SSSR count). The highest BCUT2D eigenvalue weighted by Crippen LogP contribution is 2.17. The topological polar surface area (TPSA) is 75.2 Å². The molecule has 0 radical (unpaired) electrons. The van der Waals surface area contributed by atoms with Crippen LogP contribution in [0.15, 0.2) is 67.0 Å². The molecule has 0 saturated carbocycles. The van der Waals surface area contributed by atoms with Crippen molar-refractivity contribution in [1.29, 1.82) is 0 Å². The van der Waals surface area contributed by atoms with Crippen LogP contribution in [-0.4, -0.2) is 28.2 Å². The van der Waals surface area contributed by atoms with E-state index in [-0.39, 0.29) is 17.4 Å². The van der Waals surface area contributed by atoms with E-state index in [1.165, 1.54) is 13.3 Å². The van der Waals surface area contributed by atoms with Crippen LogP contribution in [0.5, 0.6) is 0 Å². The Bertz CT molecular complexity index is 973. The Hall–Kier alpha value is -3.54. The summed E-state index contributed by atoms with van der Waals surface area (Å²) < 4.78 is 0. The maximum atomic E-state index is 12.6. The number of amides is 1. The summed E-state index contributed by atoms with van der Waals surface area (Å²) in [6, 6.07) is 18.6. The van der Waals surface area contributed by atoms with Gasteiger partial charge in [0.05, 0.1) is 0 Å². The zero-order chi connectivity index (χ0) is 19.9. The van der Waals surface area contributed by atoms with Crippen molar-refractivity contribution in [2.75, 3.05) is 16.8 Å². The van der Waals surface area contributed by atoms with Crippen LogP contribution in [0.25, 0.3) is 0 Å². The van der Waals surface area contributed by atoms with Crippen LogP contribution < -0.4 is 10.2 Å². The first-order valence-corrected chi connectivity index (χ1v) is 9.10. The van der Waals surface area contributed by atoms with Gasteiger partial charge in [0.15, 0.2) is 5.78 Å². The molecule has 1 amide bonds. The molecule has 2 aromatic carbocycles. The number of nitrogens with one attached hydrogen (secondary N) is 1. The fourth-order valence-corrected chi connectivity index (χ4v) is 2.81. The van der Waals surface area contributed by atoms with E-state index in [1.54, 1.807) is 30.3 Å². The third-order valence-electron chi connectivity index (χ3n) is 4.33. The Balaban J connectivity index is 1.77. The molecule has 6 nitrogen and oxygen atoms in total. The number of benzene rings is 2. The molecule has 0 fully saturated rings. The van der Waals surface area contributed by atoms with E-state index in [0.717, 1.165) is 12.1 Å². The lowest BCUT2D eigenvalue weighted by Gasteiger charge is -2.22. The van der Waals surface area contributed by atoms with Gasteiger partial charge in [-0.15, -0.1) is 0 Å². The van der Waals surface area contributed by atoms with Gasteiger partial charge >= 0.3 is 0 Å². The molecule has 0 atom stereocenters. The summed E-state index contributed by atoms with van der Waals surface area (Å²) in [6.45, 7) is 4.96. The number of nitrogens with zero attached hydrogens (tertiary/aromatic N) is 3. The number of Topliss-reactive ketones (excluding diaryl/α,β-unsaturated/α-hetero) is 1. The van der Waals surface area contributed by atoms with Crippen LogP contribution in [0, 0.1) is 0 Å². The molecule has 0 bridgehead atoms. The van der Waals surface area contributed by atoms with E-state index in [0.29, 0.717) is 23.6 Å². The van der Waals surface area contributed by atoms with Crippen molar-refractivity contribution in [2.24, 2.45) is 0 Å². The van der Waals surface area contributed by atoms with Crippen LogP contribution in [0.2, 0.25) is 0 Å². The molecule has 1 aromatic heterocycles. The third kappa shape index (κ3) is 4.79. The highest BCUT2D eigenvalue weighted by atomic mass is 16.2. The average molecular weight is 374 g/mol. The average Bonchev–Trinajstić information content (AvgIpc) is 2.73. The summed E-state index contributed by atoms with van der Waals surface area (Å²) in [5, 5.41) is 2.79. The molecule has 28 heavy (non-hydrogen) atoms. The molecule has 142 valence electrons. The zero-order valence-electron chi connectivity index (χ0n) is 15.9. The smallest absolute Gasteiger partial charge is 0.274 e. The SMILES string of the molecule is CCN(Cc1ccccc1)c1cc(C(=O)Nc2cccc(C(C)=O)c2)ncn1. The Morgan fingerprint density at radius 1 is 1.00 bits per heavy atom. The van der Waals surface area contributed by atoms with Gasteiger partial charge in [-0.3, -0.25) is 9.59 Å². The van der Waals surface area contributed by atoms with Crippen molar-refractivity contribution in [2.45, 2.75) is 20.4 Å². The van der Waals surface area contributed by atoms with Gasteiger partial charge in [-0.25, -0.2) is 9.97 Å². The van der Waals surface area contributed by atoms with Gasteiger partial charge in [-0.1, -0.05) is 42.5 Å². The summed E-state index contributed by atoms with van der Waals surface area (Å²) in [5.74, 6) is 0.282. The fraction of sp³-hybridized carbons (Fsp3) is 0.182. The summed E-state index contributed by atoms with van der Waals surface area (Å²) in [6.07, 6.45) is 1.39. The van der Waals surface area contributed by atoms with E-state index in [1.807, 2.05) is 25.1 Å². The quantitative estimate of drug-likeness (QED) is 0.634. The summed E-state index contributed by atoms with van der Waals surface area (Å²) >= 11 is 0. The zero-order valence-corrected chi connectivity index (χ0v) is 15.9. The fourth-order valence-electron chi connectivity index (χ4n) is 2.81. The Kier molecular flexibility index (Phi) is 6.11. The molecule has 0 unspecified atom stereocenters. The van der Waals surface area contributed by atoms with E-state index in [4.69, 9.17) is 0 Å². The molecule has 6 heteroatoms. The molecule has 0 aliphatic heterocycles. The predicted octanol–water partition coefficient (Wildman–Crippen LogP) is 3.96. The third-order valence-corrected chi connectivity index (χ3v) is 4.33. The maximum Gasteiger partial charge on any atom is 0.274 e. The summed E-state index contributed by atoms with van der Waals surface area (Å²) in [7, 11) is 0. The van der Waals surface area contributed by atoms with Gasteiger partial charge < -0.3 is 10.2 Å². The number of hydrogen-bond acceptors (Lipinski definition) is 5. The van der Waals surface area contributed by atoms with Crippen molar-refractivity contribution in [3.63, 3.8) is 0 Å². The van der Waals surface area contributed by atoms with Crippen molar-refractivity contribution >= 4 is 23.2 Å². The van der Waals surface area contributed by atoms with Crippen LogP contribution in [0.3, 0.4) is 0 Å². The van der Waals surface area contributed by atoms with E-state index in [9.17, 15) is 9.59 Å². The largest absolute Gasteiger partial charge is 0.352 e. The number of carbonyl (C=O) groups is 2. The van der Waals surface area contributed by atoms with Gasteiger partial charge in [0.1, 0.15) is 17.8 Å². The van der Waals surface area contributed by atoms with Crippen LogP contribution in [0.4, 0.5) is 11.5 Å². The number of hydrogen-bond donors (Lipinski definition) is 1. The maximum absolute atomic E-state index is 12.6. The lowest BCUT2D eigenvalue weighted by Crippen LogP contribution is -2.24. The predicted molar refractivity (Wildman–Crippen MR) is 110 cm³/mol. The van der Waals surface area contributed by atoms with E-state index < -0.39 is 0 Å². The second-order valence-electron chi connectivity index (χ2n) is 6.35. The monoisotopic (exact) mass is 374 g/mol. The lowest BCUT2D eigenvalue weighted by atomic mass is 10.1. The highest BCUT2D eigenvalue weighted by Gasteiger charge is 2.13. The van der Waals surface area contributed by atoms with Gasteiger partial charge in [-0.2, -0.15) is 0 Å². The molecule has 0 aliphatic carbocycles. The number of ketones is 1. The standard InChI is InChI=1S/C22H22N4O2/c1-3-26(14-17-8-5-4-6-9-17)21-13-20(23-15-24-21)22(28)25-19-11-7-10-18(12-19)16(2)27/h4-13,15H,3,14H2,1-2H3,(H,25,28). The van der Waals surface area contributed by atoms with Crippen LogP contribution >= 0.6 is 0 Å². The normalized spacial score (nSPS) is 10.4. The molecular weight excluding hydrogens is 352 g/mol. The molecular formula is C22H22N4O2. The second kappa shape index (κ2) is 8.90. The first-order chi connectivity index (χ1) is 13.6. The van der Waals surface area contributed by atoms with Crippen molar-refractivity contribution in [3.8, 4) is 0 Å². The van der Waals surface area contributed by atoms with E-state index in [2.05, 4.69) is 32.3 Å². The van der Waals surface area contributed by atoms with Gasteiger partial charge in [-0.05, 0) is 31.5 Å². The van der Waals surface area contributed by atoms with Crippen molar-refractivity contribution in [1.82, 2.24) is 9.97 Å². The Morgan fingerprint density at radius 2 is 1.79 bits per heavy atom. The molecule has 1 heterocycles. The molecule has 1 N–H and O–H groups in total. The number of carbonyl (C=O) groups excluding carboxylic acids is 2. The van der Waals surface area contributed by atoms with Gasteiger partial charge in [0, 0.05) is 30.4 Å². The van der Waals surface area contributed by atoms with Crippen molar-refractivity contribution in [3.05, 3.63) is 83.8 Å². The Morgan fingerprint density at radius 3 is 2.50 bits per heavy atom. The first-order valence-electron chi connectivity index (χ1n) is 9.10. The minimum Gasteiger partial charge on any atom is -0.352 e. The number of rotatable bonds is 7. The second-order valence-corrected chi connectivity index (χ2v) is 6.35. The molecule has 0 saturated heterocycles. The van der Waals surface area contributed by atoms with Gasteiger partial charge in [0.25, 0.3) is 5.91 Å². The first kappa shape index (κ1) is 19.2. The minimum absolute atomic E-state index is 0.0556. The van der Waals surface area contributed by atoms with Crippen LogP contribution in [0.1, 0.15) is 40.3 Å². The summed E-state index contributed by atoms with van der Waals surface area (Å²) in [4.78, 5) is 34.6. The lowest BCUT2D eigenvalue weighted by molar-refractivity contribution is 0.100.